The Bertz CT molecular complexity index is 1170. The molecule has 2 N–H and O–H groups in total. The van der Waals surface area contributed by atoms with Crippen LogP contribution in [0, 0.1) is 0 Å². The van der Waals surface area contributed by atoms with Gasteiger partial charge in [-0.2, -0.15) is 0 Å². The molecule has 2 atom stereocenters. The smallest absolute Gasteiger partial charge is 0.329 e. The number of carboxylic acids is 1. The van der Waals surface area contributed by atoms with Crippen LogP contribution < -0.4 is 14.8 Å². The predicted molar refractivity (Wildman–Crippen MR) is 160 cm³/mol. The molecule has 0 aliphatic heterocycles. The van der Waals surface area contributed by atoms with Gasteiger partial charge in [0.25, 0.3) is 0 Å². The van der Waals surface area contributed by atoms with E-state index < -0.39 is 23.6 Å². The topological polar surface area (TPSA) is 107 Å². The van der Waals surface area contributed by atoms with E-state index in [1.807, 2.05) is 77.1 Å². The third-order valence-electron chi connectivity index (χ3n) is 8.20. The number of urea groups is 1. The zero-order valence-corrected chi connectivity index (χ0v) is 25.6. The SMILES string of the molecule is CCOc1cc([C@@H](C)N(CCO[C@@H](C)c2ccccc2)C(=O)N[C@]2(C(=O)O)C[C@@H](OCC)C2)cc(OCC)c1C1CC1. The van der Waals surface area contributed by atoms with Gasteiger partial charge in [-0.05, 0) is 76.6 Å². The van der Waals surface area contributed by atoms with Crippen molar-refractivity contribution in [2.45, 2.75) is 90.0 Å². The molecule has 2 amide bonds. The molecule has 2 saturated carbocycles. The summed E-state index contributed by atoms with van der Waals surface area (Å²) in [5, 5.41) is 12.9. The molecule has 0 bridgehead atoms. The van der Waals surface area contributed by atoms with E-state index in [4.69, 9.17) is 18.9 Å². The molecule has 0 unspecified atom stereocenters. The van der Waals surface area contributed by atoms with Crippen molar-refractivity contribution in [1.82, 2.24) is 10.2 Å². The first-order valence-electron chi connectivity index (χ1n) is 15.3. The van der Waals surface area contributed by atoms with E-state index in [9.17, 15) is 14.7 Å². The summed E-state index contributed by atoms with van der Waals surface area (Å²) >= 11 is 0. The second-order valence-electron chi connectivity index (χ2n) is 11.2. The molecule has 0 spiro atoms. The van der Waals surface area contributed by atoms with E-state index >= 15 is 0 Å². The minimum atomic E-state index is -1.37. The van der Waals surface area contributed by atoms with Crippen molar-refractivity contribution in [2.24, 2.45) is 0 Å². The first kappa shape index (κ1) is 31.6. The highest BCUT2D eigenvalue weighted by Crippen LogP contribution is 2.50. The van der Waals surface area contributed by atoms with Crippen LogP contribution in [0.1, 0.15) is 95.1 Å². The summed E-state index contributed by atoms with van der Waals surface area (Å²) in [6.07, 6.45) is 2.29. The van der Waals surface area contributed by atoms with Crippen LogP contribution in [0.2, 0.25) is 0 Å². The molecule has 0 heterocycles. The van der Waals surface area contributed by atoms with Gasteiger partial charge < -0.3 is 34.3 Å². The molecule has 9 heteroatoms. The van der Waals surface area contributed by atoms with Crippen LogP contribution >= 0.6 is 0 Å². The molecule has 0 aromatic heterocycles. The zero-order chi connectivity index (χ0) is 30.3. The lowest BCUT2D eigenvalue weighted by Crippen LogP contribution is -2.66. The van der Waals surface area contributed by atoms with Crippen molar-refractivity contribution >= 4 is 12.0 Å². The number of carboxylic acid groups (broad SMARTS) is 1. The van der Waals surface area contributed by atoms with Crippen LogP contribution in [0.25, 0.3) is 0 Å². The third kappa shape index (κ3) is 7.36. The minimum absolute atomic E-state index is 0.165. The molecule has 2 aliphatic rings. The number of hydrogen-bond donors (Lipinski definition) is 2. The van der Waals surface area contributed by atoms with E-state index in [1.54, 1.807) is 4.90 Å². The number of benzene rings is 2. The summed E-state index contributed by atoms with van der Waals surface area (Å²) < 4.78 is 23.9. The lowest BCUT2D eigenvalue weighted by Gasteiger charge is -2.45. The Kier molecular flexibility index (Phi) is 10.7. The summed E-state index contributed by atoms with van der Waals surface area (Å²) in [6, 6.07) is 13.0. The number of carbonyl (C=O) groups excluding carboxylic acids is 1. The Morgan fingerprint density at radius 3 is 2.12 bits per heavy atom. The zero-order valence-electron chi connectivity index (χ0n) is 25.6. The molecule has 2 aromatic carbocycles. The lowest BCUT2D eigenvalue weighted by atomic mass is 9.74. The lowest BCUT2D eigenvalue weighted by molar-refractivity contribution is -0.156. The van der Waals surface area contributed by atoms with E-state index in [1.165, 1.54) is 0 Å². The van der Waals surface area contributed by atoms with Gasteiger partial charge in [0.05, 0.1) is 38.1 Å². The van der Waals surface area contributed by atoms with Gasteiger partial charge in [0.2, 0.25) is 0 Å². The summed E-state index contributed by atoms with van der Waals surface area (Å²) in [4.78, 5) is 27.8. The number of aliphatic carboxylic acids is 1. The molecule has 0 radical (unpaired) electrons. The van der Waals surface area contributed by atoms with Crippen LogP contribution in [0.3, 0.4) is 0 Å². The van der Waals surface area contributed by atoms with Crippen molar-refractivity contribution in [1.29, 1.82) is 0 Å². The van der Waals surface area contributed by atoms with E-state index in [2.05, 4.69) is 5.32 Å². The van der Waals surface area contributed by atoms with Crippen molar-refractivity contribution in [2.75, 3.05) is 33.0 Å². The number of nitrogens with one attached hydrogen (secondary N) is 1. The van der Waals surface area contributed by atoms with Gasteiger partial charge in [-0.25, -0.2) is 9.59 Å². The number of carbonyl (C=O) groups is 2. The fraction of sp³-hybridized carbons (Fsp3) is 0.576. The molecule has 2 aliphatic carbocycles. The van der Waals surface area contributed by atoms with Gasteiger partial charge in [-0.1, -0.05) is 30.3 Å². The monoisotopic (exact) mass is 582 g/mol. The normalized spacial score (nSPS) is 21.1. The molecular weight excluding hydrogens is 536 g/mol. The van der Waals surface area contributed by atoms with Crippen LogP contribution in [-0.4, -0.2) is 66.6 Å². The quantitative estimate of drug-likeness (QED) is 0.242. The van der Waals surface area contributed by atoms with Gasteiger partial charge in [-0.15, -0.1) is 0 Å². The van der Waals surface area contributed by atoms with Gasteiger partial charge in [0, 0.05) is 31.6 Å². The first-order chi connectivity index (χ1) is 20.2. The first-order valence-corrected chi connectivity index (χ1v) is 15.3. The molecule has 9 nitrogen and oxygen atoms in total. The average Bonchev–Trinajstić information content (AvgIpc) is 3.79. The van der Waals surface area contributed by atoms with Crippen LogP contribution in [0.4, 0.5) is 4.79 Å². The molecule has 2 aromatic rings. The van der Waals surface area contributed by atoms with E-state index in [0.29, 0.717) is 25.7 Å². The second kappa shape index (κ2) is 14.2. The highest BCUT2D eigenvalue weighted by molar-refractivity contribution is 5.87. The van der Waals surface area contributed by atoms with Gasteiger partial charge in [0.15, 0.2) is 0 Å². The maximum Gasteiger partial charge on any atom is 0.329 e. The standard InChI is InChI=1S/C33H46N2O7/c1-6-39-27-20-33(21-27,31(36)37)34-32(38)35(16-17-42-23(5)24-12-10-9-11-13-24)22(4)26-18-28(40-7-2)30(25-14-15-25)29(19-26)41-8-3/h9-13,18-19,22-23,25,27H,6-8,14-17,20-21H2,1-5H3,(H,34,38)(H,36,37)/t22-,23+,27-,33-/m1/s1. The van der Waals surface area contributed by atoms with Gasteiger partial charge in [-0.3, -0.25) is 0 Å². The Morgan fingerprint density at radius 1 is 0.976 bits per heavy atom. The Morgan fingerprint density at radius 2 is 1.60 bits per heavy atom. The largest absolute Gasteiger partial charge is 0.493 e. The molecule has 2 fully saturated rings. The fourth-order valence-corrected chi connectivity index (χ4v) is 5.66. The summed E-state index contributed by atoms with van der Waals surface area (Å²) in [5.41, 5.74) is 1.62. The summed E-state index contributed by atoms with van der Waals surface area (Å²) in [6.45, 7) is 11.8. The fourth-order valence-electron chi connectivity index (χ4n) is 5.66. The maximum absolute atomic E-state index is 13.9. The Labute approximate surface area is 249 Å². The molecule has 0 saturated heterocycles. The highest BCUT2D eigenvalue weighted by Gasteiger charge is 2.53. The highest BCUT2D eigenvalue weighted by atomic mass is 16.5. The van der Waals surface area contributed by atoms with E-state index in [0.717, 1.165) is 41.0 Å². The number of ether oxygens (including phenoxy) is 4. The number of nitrogens with zero attached hydrogens (tertiary/aromatic N) is 1. The van der Waals surface area contributed by atoms with Crippen LogP contribution in [0.5, 0.6) is 11.5 Å². The summed E-state index contributed by atoms with van der Waals surface area (Å²) in [5.74, 6) is 0.918. The predicted octanol–water partition coefficient (Wildman–Crippen LogP) is 6.23. The van der Waals surface area contributed by atoms with Crippen molar-refractivity contribution < 1.29 is 33.6 Å². The van der Waals surface area contributed by atoms with Crippen molar-refractivity contribution in [3.05, 3.63) is 59.2 Å². The second-order valence-corrected chi connectivity index (χ2v) is 11.2. The Balaban J connectivity index is 1.59. The number of hydrogen-bond acceptors (Lipinski definition) is 6. The third-order valence-corrected chi connectivity index (χ3v) is 8.20. The summed E-state index contributed by atoms with van der Waals surface area (Å²) in [7, 11) is 0. The molecular formula is C33H46N2O7. The van der Waals surface area contributed by atoms with Crippen LogP contribution in [-0.2, 0) is 14.3 Å². The van der Waals surface area contributed by atoms with Gasteiger partial charge >= 0.3 is 12.0 Å². The van der Waals surface area contributed by atoms with Gasteiger partial charge in [0.1, 0.15) is 17.0 Å². The molecule has 4 rings (SSSR count). The Hall–Kier alpha value is -3.30. The average molecular weight is 583 g/mol. The molecule has 42 heavy (non-hydrogen) atoms. The van der Waals surface area contributed by atoms with Crippen LogP contribution in [0.15, 0.2) is 42.5 Å². The van der Waals surface area contributed by atoms with E-state index in [-0.39, 0.29) is 38.2 Å². The van der Waals surface area contributed by atoms with Crippen molar-refractivity contribution in [3.63, 3.8) is 0 Å². The molecule has 230 valence electrons. The minimum Gasteiger partial charge on any atom is -0.493 e. The maximum atomic E-state index is 13.9. The number of amides is 2. The number of rotatable bonds is 16. The van der Waals surface area contributed by atoms with Crippen molar-refractivity contribution in [3.8, 4) is 11.5 Å².